The minimum atomic E-state index is -0.705. The number of nitrogens with zero attached hydrogens (tertiary/aromatic N) is 4. The Morgan fingerprint density at radius 3 is 2.88 bits per heavy atom. The molecule has 2 heterocycles. The molecule has 0 radical (unpaired) electrons. The first-order valence-corrected chi connectivity index (χ1v) is 5.22. The molecule has 0 saturated carbocycles. The second-order valence-corrected chi connectivity index (χ2v) is 4.01. The van der Waals surface area contributed by atoms with Gasteiger partial charge in [0.25, 0.3) is 5.78 Å². The third-order valence-electron chi connectivity index (χ3n) is 2.35. The number of nitrogens with two attached hydrogens (primary N) is 1. The van der Waals surface area contributed by atoms with Crippen LogP contribution in [0.25, 0.3) is 5.78 Å². The number of fused-ring (bicyclic) bond motifs is 1. The van der Waals surface area contributed by atoms with Crippen LogP contribution in [0, 0.1) is 0 Å². The van der Waals surface area contributed by atoms with Crippen molar-refractivity contribution in [2.45, 2.75) is 25.9 Å². The molecule has 6 heteroatoms. The third kappa shape index (κ3) is 1.89. The third-order valence-corrected chi connectivity index (χ3v) is 2.35. The lowest BCUT2D eigenvalue weighted by molar-refractivity contribution is 0.185. The topological polar surface area (TPSA) is 89.3 Å². The lowest BCUT2D eigenvalue weighted by Crippen LogP contribution is -2.12. The first-order valence-electron chi connectivity index (χ1n) is 5.22. The van der Waals surface area contributed by atoms with Crippen LogP contribution in [0.5, 0.6) is 0 Å². The summed E-state index contributed by atoms with van der Waals surface area (Å²) in [5.41, 5.74) is 6.03. The Labute approximate surface area is 93.1 Å². The van der Waals surface area contributed by atoms with Crippen LogP contribution in [-0.4, -0.2) is 31.2 Å². The summed E-state index contributed by atoms with van der Waals surface area (Å²) in [5.74, 6) is 1.54. The summed E-state index contributed by atoms with van der Waals surface area (Å²) in [4.78, 5) is 8.39. The summed E-state index contributed by atoms with van der Waals surface area (Å²) in [7, 11) is 0. The van der Waals surface area contributed by atoms with E-state index in [4.69, 9.17) is 5.73 Å². The maximum absolute atomic E-state index is 9.58. The summed E-state index contributed by atoms with van der Waals surface area (Å²) in [6, 6.07) is 0. The molecule has 0 fully saturated rings. The van der Waals surface area contributed by atoms with Gasteiger partial charge in [0, 0.05) is 30.4 Å². The zero-order valence-electron chi connectivity index (χ0n) is 9.33. The number of aliphatic hydroxyl groups excluding tert-OH is 1. The van der Waals surface area contributed by atoms with Crippen molar-refractivity contribution in [1.29, 1.82) is 0 Å². The van der Waals surface area contributed by atoms with E-state index in [0.29, 0.717) is 11.3 Å². The molecule has 0 bridgehead atoms. The van der Waals surface area contributed by atoms with Gasteiger partial charge in [0.15, 0.2) is 5.82 Å². The predicted molar refractivity (Wildman–Crippen MR) is 58.9 cm³/mol. The van der Waals surface area contributed by atoms with Crippen molar-refractivity contribution in [2.75, 3.05) is 6.54 Å². The number of hydrogen-bond acceptors (Lipinski definition) is 5. The van der Waals surface area contributed by atoms with E-state index in [2.05, 4.69) is 15.1 Å². The van der Waals surface area contributed by atoms with Crippen molar-refractivity contribution in [1.82, 2.24) is 19.6 Å². The first-order chi connectivity index (χ1) is 7.61. The van der Waals surface area contributed by atoms with E-state index in [1.54, 1.807) is 16.9 Å². The summed E-state index contributed by atoms with van der Waals surface area (Å²) in [6.07, 6.45) is 2.58. The highest BCUT2D eigenvalue weighted by atomic mass is 16.3. The smallest absolute Gasteiger partial charge is 0.252 e. The summed E-state index contributed by atoms with van der Waals surface area (Å²) in [6.45, 7) is 4.20. The van der Waals surface area contributed by atoms with E-state index in [1.807, 2.05) is 13.8 Å². The molecule has 3 N–H and O–H groups in total. The molecule has 1 unspecified atom stereocenters. The van der Waals surface area contributed by atoms with Crippen molar-refractivity contribution >= 4 is 5.78 Å². The second-order valence-electron chi connectivity index (χ2n) is 4.01. The predicted octanol–water partition coefficient (Wildman–Crippen LogP) is 0.240. The van der Waals surface area contributed by atoms with Gasteiger partial charge in [-0.25, -0.2) is 9.50 Å². The Balaban J connectivity index is 2.45. The van der Waals surface area contributed by atoms with Gasteiger partial charge in [-0.3, -0.25) is 0 Å². The van der Waals surface area contributed by atoms with Crippen molar-refractivity contribution in [3.8, 4) is 0 Å². The van der Waals surface area contributed by atoms with E-state index in [0.717, 1.165) is 5.82 Å². The van der Waals surface area contributed by atoms with Crippen molar-refractivity contribution in [3.63, 3.8) is 0 Å². The van der Waals surface area contributed by atoms with Gasteiger partial charge >= 0.3 is 0 Å². The highest BCUT2D eigenvalue weighted by molar-refractivity contribution is 5.29. The monoisotopic (exact) mass is 221 g/mol. The van der Waals surface area contributed by atoms with Crippen LogP contribution in [0.1, 0.15) is 37.3 Å². The molecule has 86 valence electrons. The van der Waals surface area contributed by atoms with Gasteiger partial charge in [-0.1, -0.05) is 13.8 Å². The SMILES string of the molecule is CC(C)c1nc2ncc(C(O)CN)cn2n1. The summed E-state index contributed by atoms with van der Waals surface area (Å²) < 4.78 is 1.57. The molecule has 0 amide bonds. The Kier molecular flexibility index (Phi) is 2.84. The van der Waals surface area contributed by atoms with Crippen LogP contribution >= 0.6 is 0 Å². The van der Waals surface area contributed by atoms with Crippen molar-refractivity contribution < 1.29 is 5.11 Å². The average molecular weight is 221 g/mol. The van der Waals surface area contributed by atoms with E-state index in [-0.39, 0.29) is 12.5 Å². The quantitative estimate of drug-likeness (QED) is 0.775. The molecule has 0 spiro atoms. The van der Waals surface area contributed by atoms with E-state index in [1.165, 1.54) is 0 Å². The summed E-state index contributed by atoms with van der Waals surface area (Å²) in [5, 5.41) is 13.9. The van der Waals surface area contributed by atoms with Crippen LogP contribution in [0.15, 0.2) is 12.4 Å². The Hall–Kier alpha value is -1.53. The van der Waals surface area contributed by atoms with E-state index in [9.17, 15) is 5.11 Å². The van der Waals surface area contributed by atoms with Crippen LogP contribution < -0.4 is 5.73 Å². The van der Waals surface area contributed by atoms with Crippen LogP contribution in [0.2, 0.25) is 0 Å². The molecule has 2 aromatic rings. The van der Waals surface area contributed by atoms with Gasteiger partial charge < -0.3 is 10.8 Å². The fourth-order valence-corrected chi connectivity index (χ4v) is 1.37. The molecule has 1 atom stereocenters. The van der Waals surface area contributed by atoms with Gasteiger partial charge in [0.1, 0.15) is 0 Å². The number of aromatic nitrogens is 4. The fourth-order valence-electron chi connectivity index (χ4n) is 1.37. The van der Waals surface area contributed by atoms with Crippen LogP contribution in [0.3, 0.4) is 0 Å². The highest BCUT2D eigenvalue weighted by Gasteiger charge is 2.11. The maximum atomic E-state index is 9.58. The molecule has 6 nitrogen and oxygen atoms in total. The normalized spacial score (nSPS) is 13.6. The van der Waals surface area contributed by atoms with Crippen molar-refractivity contribution in [3.05, 3.63) is 23.8 Å². The largest absolute Gasteiger partial charge is 0.387 e. The Morgan fingerprint density at radius 1 is 1.50 bits per heavy atom. The number of rotatable bonds is 3. The fraction of sp³-hybridized carbons (Fsp3) is 0.500. The minimum absolute atomic E-state index is 0.166. The van der Waals surface area contributed by atoms with Crippen LogP contribution in [-0.2, 0) is 0 Å². The lowest BCUT2D eigenvalue weighted by Gasteiger charge is -2.06. The standard InChI is InChI=1S/C10H15N5O/c1-6(2)9-13-10-12-4-7(8(16)3-11)5-15(10)14-9/h4-6,8,16H,3,11H2,1-2H3. The zero-order valence-corrected chi connectivity index (χ0v) is 9.33. The minimum Gasteiger partial charge on any atom is -0.387 e. The zero-order chi connectivity index (χ0) is 11.7. The van der Waals surface area contributed by atoms with E-state index < -0.39 is 6.10 Å². The number of aliphatic hydroxyl groups is 1. The molecule has 16 heavy (non-hydrogen) atoms. The van der Waals surface area contributed by atoms with Crippen molar-refractivity contribution in [2.24, 2.45) is 5.73 Å². The van der Waals surface area contributed by atoms with E-state index >= 15 is 0 Å². The molecule has 0 aliphatic heterocycles. The molecule has 2 aromatic heterocycles. The molecule has 0 aliphatic rings. The molecular formula is C10H15N5O. The lowest BCUT2D eigenvalue weighted by atomic mass is 10.2. The molecule has 2 rings (SSSR count). The van der Waals surface area contributed by atoms with Gasteiger partial charge in [-0.05, 0) is 0 Å². The first kappa shape index (κ1) is 11.0. The molecule has 0 saturated heterocycles. The number of hydrogen-bond donors (Lipinski definition) is 2. The van der Waals surface area contributed by atoms with Gasteiger partial charge in [0.05, 0.1) is 6.10 Å². The van der Waals surface area contributed by atoms with Gasteiger partial charge in [0.2, 0.25) is 0 Å². The second kappa shape index (κ2) is 4.15. The average Bonchev–Trinajstić information content (AvgIpc) is 2.70. The highest BCUT2D eigenvalue weighted by Crippen LogP contribution is 2.13. The summed E-state index contributed by atoms with van der Waals surface area (Å²) >= 11 is 0. The van der Waals surface area contributed by atoms with Gasteiger partial charge in [-0.15, -0.1) is 5.10 Å². The maximum Gasteiger partial charge on any atom is 0.252 e. The molecule has 0 aromatic carbocycles. The Morgan fingerprint density at radius 2 is 2.25 bits per heavy atom. The molecular weight excluding hydrogens is 206 g/mol. The van der Waals surface area contributed by atoms with Gasteiger partial charge in [-0.2, -0.15) is 4.98 Å². The molecule has 0 aliphatic carbocycles. The Bertz CT molecular complexity index is 493. The van der Waals surface area contributed by atoms with Crippen LogP contribution in [0.4, 0.5) is 0 Å².